The summed E-state index contributed by atoms with van der Waals surface area (Å²) in [5.74, 6) is 0.707. The lowest BCUT2D eigenvalue weighted by atomic mass is 10.2. The molecule has 0 saturated heterocycles. The molecule has 0 aliphatic heterocycles. The van der Waals surface area contributed by atoms with E-state index in [0.717, 1.165) is 6.54 Å². The van der Waals surface area contributed by atoms with Crippen molar-refractivity contribution in [1.82, 2.24) is 4.31 Å². The van der Waals surface area contributed by atoms with Crippen LogP contribution in [0.25, 0.3) is 0 Å². The molecule has 0 heterocycles. The van der Waals surface area contributed by atoms with Gasteiger partial charge in [-0.3, -0.25) is 0 Å². The first-order valence-electron chi connectivity index (χ1n) is 5.97. The number of nitrogens with two attached hydrogens (primary N) is 1. The summed E-state index contributed by atoms with van der Waals surface area (Å²) in [6, 6.07) is 4.77. The maximum absolute atomic E-state index is 12.0. The molecule has 1 aromatic rings. The van der Waals surface area contributed by atoms with Crippen LogP contribution in [0.1, 0.15) is 12.8 Å². The Morgan fingerprint density at radius 3 is 2.61 bits per heavy atom. The first-order chi connectivity index (χ1) is 8.41. The summed E-state index contributed by atoms with van der Waals surface area (Å²) in [7, 11) is -0.368. The summed E-state index contributed by atoms with van der Waals surface area (Å²) in [4.78, 5) is 0.264. The van der Waals surface area contributed by atoms with E-state index in [1.54, 1.807) is 12.1 Å². The minimum absolute atomic E-state index is 0.264. The zero-order valence-electron chi connectivity index (χ0n) is 10.7. The number of hydrogen-bond acceptors (Lipinski definition) is 4. The quantitative estimate of drug-likeness (QED) is 0.791. The van der Waals surface area contributed by atoms with E-state index in [2.05, 4.69) is 5.32 Å². The fourth-order valence-corrected chi connectivity index (χ4v) is 2.56. The molecule has 1 fully saturated rings. The molecule has 0 bridgehead atoms. The highest BCUT2D eigenvalue weighted by Crippen LogP contribution is 2.30. The smallest absolute Gasteiger partial charge is 0.242 e. The third-order valence-corrected chi connectivity index (χ3v) is 4.89. The van der Waals surface area contributed by atoms with Gasteiger partial charge in [-0.05, 0) is 37.0 Å². The monoisotopic (exact) mass is 269 g/mol. The first kappa shape index (κ1) is 13.2. The lowest BCUT2D eigenvalue weighted by molar-refractivity contribution is 0.521. The van der Waals surface area contributed by atoms with Crippen molar-refractivity contribution in [2.24, 2.45) is 5.92 Å². The van der Waals surface area contributed by atoms with E-state index in [9.17, 15) is 8.42 Å². The van der Waals surface area contributed by atoms with E-state index in [1.807, 2.05) is 0 Å². The van der Waals surface area contributed by atoms with Crippen molar-refractivity contribution in [2.75, 3.05) is 31.7 Å². The average molecular weight is 269 g/mol. The van der Waals surface area contributed by atoms with Gasteiger partial charge in [0.2, 0.25) is 10.0 Å². The van der Waals surface area contributed by atoms with Gasteiger partial charge >= 0.3 is 0 Å². The normalized spacial score (nSPS) is 15.9. The molecular weight excluding hydrogens is 250 g/mol. The van der Waals surface area contributed by atoms with E-state index in [0.29, 0.717) is 17.3 Å². The molecule has 2 rings (SSSR count). The Morgan fingerprint density at radius 2 is 2.06 bits per heavy atom. The number of anilines is 2. The Balaban J connectivity index is 2.24. The number of nitrogen functional groups attached to an aromatic ring is 1. The van der Waals surface area contributed by atoms with Crippen LogP contribution >= 0.6 is 0 Å². The molecule has 1 aromatic carbocycles. The Bertz CT molecular complexity index is 536. The topological polar surface area (TPSA) is 75.4 Å². The summed E-state index contributed by atoms with van der Waals surface area (Å²) >= 11 is 0. The van der Waals surface area contributed by atoms with Crippen LogP contribution in [0.15, 0.2) is 23.1 Å². The Hall–Kier alpha value is -1.27. The third kappa shape index (κ3) is 2.76. The van der Waals surface area contributed by atoms with E-state index in [1.165, 1.54) is 37.3 Å². The van der Waals surface area contributed by atoms with Crippen molar-refractivity contribution >= 4 is 21.4 Å². The van der Waals surface area contributed by atoms with Crippen LogP contribution in [-0.4, -0.2) is 33.4 Å². The van der Waals surface area contributed by atoms with Crippen LogP contribution in [0.2, 0.25) is 0 Å². The highest BCUT2D eigenvalue weighted by atomic mass is 32.2. The van der Waals surface area contributed by atoms with E-state index in [4.69, 9.17) is 5.73 Å². The van der Waals surface area contributed by atoms with Crippen LogP contribution in [0.4, 0.5) is 11.4 Å². The molecule has 6 heteroatoms. The lowest BCUT2D eigenvalue weighted by Gasteiger charge is -2.14. The van der Waals surface area contributed by atoms with Gasteiger partial charge in [0.15, 0.2) is 0 Å². The largest absolute Gasteiger partial charge is 0.397 e. The van der Waals surface area contributed by atoms with Gasteiger partial charge in [-0.15, -0.1) is 0 Å². The summed E-state index contributed by atoms with van der Waals surface area (Å²) in [6.07, 6.45) is 2.48. The van der Waals surface area contributed by atoms with Gasteiger partial charge in [-0.25, -0.2) is 12.7 Å². The second-order valence-corrected chi connectivity index (χ2v) is 7.01. The Morgan fingerprint density at radius 1 is 1.39 bits per heavy atom. The molecular formula is C12H19N3O2S. The van der Waals surface area contributed by atoms with Gasteiger partial charge in [0.05, 0.1) is 16.3 Å². The number of nitrogens with zero attached hydrogens (tertiary/aromatic N) is 1. The molecule has 1 saturated carbocycles. The van der Waals surface area contributed by atoms with Crippen molar-refractivity contribution in [1.29, 1.82) is 0 Å². The van der Waals surface area contributed by atoms with Crippen LogP contribution < -0.4 is 11.1 Å². The van der Waals surface area contributed by atoms with Gasteiger partial charge in [0.25, 0.3) is 0 Å². The van der Waals surface area contributed by atoms with Gasteiger partial charge < -0.3 is 11.1 Å². The van der Waals surface area contributed by atoms with Crippen molar-refractivity contribution in [2.45, 2.75) is 17.7 Å². The summed E-state index contributed by atoms with van der Waals surface area (Å²) in [5.41, 5.74) is 7.12. The fraction of sp³-hybridized carbons (Fsp3) is 0.500. The van der Waals surface area contributed by atoms with Crippen molar-refractivity contribution in [3.05, 3.63) is 18.2 Å². The predicted molar refractivity (Wildman–Crippen MR) is 72.9 cm³/mol. The second-order valence-electron chi connectivity index (χ2n) is 4.86. The highest BCUT2D eigenvalue weighted by molar-refractivity contribution is 7.89. The molecule has 0 spiro atoms. The van der Waals surface area contributed by atoms with Gasteiger partial charge in [-0.2, -0.15) is 0 Å². The molecule has 18 heavy (non-hydrogen) atoms. The number of rotatable bonds is 5. The molecule has 100 valence electrons. The van der Waals surface area contributed by atoms with Crippen LogP contribution in [0.3, 0.4) is 0 Å². The molecule has 3 N–H and O–H groups in total. The second kappa shape index (κ2) is 4.78. The van der Waals surface area contributed by atoms with E-state index in [-0.39, 0.29) is 4.90 Å². The van der Waals surface area contributed by atoms with Crippen LogP contribution in [-0.2, 0) is 10.0 Å². The molecule has 0 aromatic heterocycles. The van der Waals surface area contributed by atoms with Crippen LogP contribution in [0, 0.1) is 5.92 Å². The van der Waals surface area contributed by atoms with Gasteiger partial charge in [0.1, 0.15) is 0 Å². The summed E-state index contributed by atoms with van der Waals surface area (Å²) < 4.78 is 25.2. The minimum Gasteiger partial charge on any atom is -0.397 e. The predicted octanol–water partition coefficient (Wildman–Crippen LogP) is 1.34. The third-order valence-electron chi connectivity index (χ3n) is 3.08. The maximum Gasteiger partial charge on any atom is 0.242 e. The Kier molecular flexibility index (Phi) is 3.49. The molecule has 1 aliphatic rings. The van der Waals surface area contributed by atoms with E-state index < -0.39 is 10.0 Å². The number of hydrogen-bond donors (Lipinski definition) is 2. The zero-order valence-corrected chi connectivity index (χ0v) is 11.5. The van der Waals surface area contributed by atoms with Crippen molar-refractivity contribution in [3.8, 4) is 0 Å². The number of benzene rings is 1. The summed E-state index contributed by atoms with van der Waals surface area (Å²) in [6.45, 7) is 0.857. The molecule has 0 unspecified atom stereocenters. The number of sulfonamides is 1. The zero-order chi connectivity index (χ0) is 13.3. The van der Waals surface area contributed by atoms with E-state index >= 15 is 0 Å². The van der Waals surface area contributed by atoms with Crippen molar-refractivity contribution < 1.29 is 8.42 Å². The molecule has 0 radical (unpaired) electrons. The lowest BCUT2D eigenvalue weighted by Crippen LogP contribution is -2.22. The van der Waals surface area contributed by atoms with Gasteiger partial charge in [-0.1, -0.05) is 0 Å². The molecule has 1 aliphatic carbocycles. The number of nitrogens with one attached hydrogen (secondary N) is 1. The van der Waals surface area contributed by atoms with Crippen LogP contribution in [0.5, 0.6) is 0 Å². The maximum atomic E-state index is 12.0. The minimum atomic E-state index is -3.40. The van der Waals surface area contributed by atoms with Gasteiger partial charge in [0, 0.05) is 20.6 Å². The average Bonchev–Trinajstić information content (AvgIpc) is 3.11. The Labute approximate surface area is 108 Å². The molecule has 0 amide bonds. The van der Waals surface area contributed by atoms with Crippen molar-refractivity contribution in [3.63, 3.8) is 0 Å². The first-order valence-corrected chi connectivity index (χ1v) is 7.41. The SMILES string of the molecule is CN(C)S(=O)(=O)c1ccc(N)c(NCC2CC2)c1. The molecule has 0 atom stereocenters. The summed E-state index contributed by atoms with van der Waals surface area (Å²) in [5, 5.41) is 3.22. The fourth-order valence-electron chi connectivity index (χ4n) is 1.64. The standard InChI is InChI=1S/C12H19N3O2S/c1-15(2)18(16,17)10-5-6-11(13)12(7-10)14-8-9-3-4-9/h5-7,9,14H,3-4,8,13H2,1-2H3. The molecule has 5 nitrogen and oxygen atoms in total. The highest BCUT2D eigenvalue weighted by Gasteiger charge is 2.22.